The molecule has 0 amide bonds. The van der Waals surface area contributed by atoms with Gasteiger partial charge in [-0.2, -0.15) is 0 Å². The number of nitro benzene ring substituents is 1. The van der Waals surface area contributed by atoms with Crippen LogP contribution in [0.4, 0.5) is 5.69 Å². The Hall–Kier alpha value is -2.11. The Bertz CT molecular complexity index is 733. The maximum absolute atomic E-state index is 11.4. The summed E-state index contributed by atoms with van der Waals surface area (Å²) in [6.07, 6.45) is 6.62. The number of benzene rings is 1. The predicted octanol–water partition coefficient (Wildman–Crippen LogP) is 2.94. The van der Waals surface area contributed by atoms with Gasteiger partial charge in [-0.05, 0) is 62.0 Å². The van der Waals surface area contributed by atoms with Crippen molar-refractivity contribution in [3.8, 4) is 5.75 Å². The van der Waals surface area contributed by atoms with Crippen LogP contribution in [-0.4, -0.2) is 16.5 Å². The molecule has 0 radical (unpaired) electrons. The number of hydrogen-bond donors (Lipinski definition) is 0. The summed E-state index contributed by atoms with van der Waals surface area (Å²) in [6, 6.07) is 3.66. The number of nitro groups is 1. The zero-order valence-electron chi connectivity index (χ0n) is 14.3. The molecule has 3 fully saturated rings. The molecule has 25 heavy (non-hydrogen) atoms. The molecular formula is C19H22NO5-. The molecule has 0 spiro atoms. The molecule has 1 aromatic carbocycles. The fourth-order valence-electron chi connectivity index (χ4n) is 5.90. The Morgan fingerprint density at radius 2 is 2.12 bits per heavy atom. The van der Waals surface area contributed by atoms with Crippen LogP contribution >= 0.6 is 0 Å². The number of carboxylic acid groups (broad SMARTS) is 1. The number of carbonyl (C=O) groups excluding carboxylic acids is 1. The van der Waals surface area contributed by atoms with Gasteiger partial charge < -0.3 is 14.6 Å². The fourth-order valence-corrected chi connectivity index (χ4v) is 5.90. The van der Waals surface area contributed by atoms with Crippen LogP contribution in [0.3, 0.4) is 0 Å². The van der Waals surface area contributed by atoms with Gasteiger partial charge in [0.1, 0.15) is 5.60 Å². The highest BCUT2D eigenvalue weighted by Crippen LogP contribution is 2.64. The van der Waals surface area contributed by atoms with E-state index in [0.717, 1.165) is 25.2 Å². The van der Waals surface area contributed by atoms with Crippen LogP contribution < -0.4 is 9.84 Å². The molecule has 0 saturated heterocycles. The van der Waals surface area contributed by atoms with Gasteiger partial charge in [0.05, 0.1) is 10.9 Å². The number of carbonyl (C=O) groups is 1. The van der Waals surface area contributed by atoms with E-state index in [4.69, 9.17) is 4.74 Å². The Morgan fingerprint density at radius 3 is 2.80 bits per heavy atom. The number of hydrogen-bond acceptors (Lipinski definition) is 5. The van der Waals surface area contributed by atoms with Gasteiger partial charge in [0.15, 0.2) is 5.75 Å². The summed E-state index contributed by atoms with van der Waals surface area (Å²) in [4.78, 5) is 22.0. The Balaban J connectivity index is 1.70. The number of carboxylic acids is 1. The van der Waals surface area contributed by atoms with E-state index < -0.39 is 16.5 Å². The lowest BCUT2D eigenvalue weighted by Crippen LogP contribution is -2.46. The van der Waals surface area contributed by atoms with Crippen LogP contribution in [0.1, 0.15) is 55.8 Å². The monoisotopic (exact) mass is 344 g/mol. The fraction of sp³-hybridized carbons (Fsp3) is 0.632. The van der Waals surface area contributed by atoms with E-state index in [2.05, 4.69) is 6.92 Å². The highest BCUT2D eigenvalue weighted by atomic mass is 16.6. The summed E-state index contributed by atoms with van der Waals surface area (Å²) >= 11 is 0. The molecule has 0 aliphatic heterocycles. The van der Waals surface area contributed by atoms with Gasteiger partial charge in [0.25, 0.3) is 0 Å². The molecule has 134 valence electrons. The van der Waals surface area contributed by atoms with E-state index in [-0.39, 0.29) is 17.0 Å². The first-order valence-corrected chi connectivity index (χ1v) is 9.14. The highest BCUT2D eigenvalue weighted by molar-refractivity contribution is 5.87. The van der Waals surface area contributed by atoms with Crippen LogP contribution in [-0.2, 0) is 0 Å². The number of aromatic carboxylic acids is 1. The molecule has 0 heterocycles. The first-order valence-electron chi connectivity index (χ1n) is 9.14. The van der Waals surface area contributed by atoms with Gasteiger partial charge in [-0.1, -0.05) is 13.3 Å². The third-order valence-corrected chi connectivity index (χ3v) is 6.89. The van der Waals surface area contributed by atoms with E-state index >= 15 is 0 Å². The highest BCUT2D eigenvalue weighted by Gasteiger charge is 2.61. The van der Waals surface area contributed by atoms with Gasteiger partial charge >= 0.3 is 5.69 Å². The van der Waals surface area contributed by atoms with Crippen LogP contribution in [0.15, 0.2) is 18.2 Å². The maximum Gasteiger partial charge on any atom is 0.310 e. The molecule has 3 aliphatic rings. The van der Waals surface area contributed by atoms with Crippen molar-refractivity contribution in [1.29, 1.82) is 0 Å². The summed E-state index contributed by atoms with van der Waals surface area (Å²) < 4.78 is 6.30. The number of rotatable bonds is 5. The number of nitrogens with zero attached hydrogens (tertiary/aromatic N) is 1. The van der Waals surface area contributed by atoms with Gasteiger partial charge in [-0.25, -0.2) is 0 Å². The molecule has 1 aromatic rings. The van der Waals surface area contributed by atoms with Gasteiger partial charge in [0.2, 0.25) is 0 Å². The van der Waals surface area contributed by atoms with E-state index in [1.54, 1.807) is 0 Å². The minimum atomic E-state index is -1.35. The molecule has 5 atom stereocenters. The van der Waals surface area contributed by atoms with Crippen molar-refractivity contribution < 1.29 is 19.6 Å². The van der Waals surface area contributed by atoms with Crippen LogP contribution in [0.25, 0.3) is 0 Å². The lowest BCUT2D eigenvalue weighted by molar-refractivity contribution is -0.386. The topological polar surface area (TPSA) is 92.5 Å². The predicted molar refractivity (Wildman–Crippen MR) is 88.1 cm³/mol. The van der Waals surface area contributed by atoms with Crippen molar-refractivity contribution in [1.82, 2.24) is 0 Å². The van der Waals surface area contributed by atoms with Crippen molar-refractivity contribution >= 4 is 11.7 Å². The molecule has 0 aromatic heterocycles. The molecule has 0 N–H and O–H groups in total. The Morgan fingerprint density at radius 1 is 1.36 bits per heavy atom. The van der Waals surface area contributed by atoms with E-state index in [1.807, 2.05) is 0 Å². The van der Waals surface area contributed by atoms with E-state index in [1.165, 1.54) is 37.5 Å². The first-order chi connectivity index (χ1) is 11.9. The smallest absolute Gasteiger partial charge is 0.310 e. The molecule has 5 unspecified atom stereocenters. The SMILES string of the molecule is CCC1(Oc2cc(C(=O)[O-])ccc2[N+](=O)[O-])CC2CC1C1CCCC21. The lowest BCUT2D eigenvalue weighted by Gasteiger charge is -2.42. The minimum absolute atomic E-state index is 0.0654. The zero-order valence-corrected chi connectivity index (χ0v) is 14.3. The largest absolute Gasteiger partial charge is 0.545 e. The molecule has 2 bridgehead atoms. The third-order valence-electron chi connectivity index (χ3n) is 6.89. The quantitative estimate of drug-likeness (QED) is 0.605. The zero-order chi connectivity index (χ0) is 17.8. The van der Waals surface area contributed by atoms with Gasteiger partial charge in [-0.3, -0.25) is 10.1 Å². The summed E-state index contributed by atoms with van der Waals surface area (Å²) in [7, 11) is 0. The second-order valence-electron chi connectivity index (χ2n) is 7.81. The van der Waals surface area contributed by atoms with Crippen molar-refractivity contribution in [2.45, 2.75) is 51.0 Å². The van der Waals surface area contributed by atoms with Crippen molar-refractivity contribution in [2.75, 3.05) is 0 Å². The van der Waals surface area contributed by atoms with Crippen molar-refractivity contribution in [3.63, 3.8) is 0 Å². The van der Waals surface area contributed by atoms with Gasteiger partial charge in [0, 0.05) is 17.5 Å². The van der Waals surface area contributed by atoms with E-state index in [9.17, 15) is 20.0 Å². The lowest BCUT2D eigenvalue weighted by atomic mass is 9.71. The minimum Gasteiger partial charge on any atom is -0.545 e. The number of fused-ring (bicyclic) bond motifs is 5. The van der Waals surface area contributed by atoms with Crippen LogP contribution in [0.5, 0.6) is 5.75 Å². The molecule has 6 nitrogen and oxygen atoms in total. The summed E-state index contributed by atoms with van der Waals surface area (Å²) in [6.45, 7) is 2.07. The van der Waals surface area contributed by atoms with Crippen molar-refractivity contribution in [3.05, 3.63) is 33.9 Å². The average molecular weight is 344 g/mol. The average Bonchev–Trinajstić information content (AvgIpc) is 3.26. The van der Waals surface area contributed by atoms with Crippen molar-refractivity contribution in [2.24, 2.45) is 23.7 Å². The standard InChI is InChI=1S/C19H23NO5/c1-2-19(10-12-8-15(19)14-5-3-4-13(12)14)25-17-9-11(18(21)22)6-7-16(17)20(23)24/h6-7,9,12-15H,2-5,8,10H2,1H3,(H,21,22)/p-1. The summed E-state index contributed by atoms with van der Waals surface area (Å²) in [5.74, 6) is 1.21. The van der Waals surface area contributed by atoms with Crippen LogP contribution in [0.2, 0.25) is 0 Å². The molecular weight excluding hydrogens is 322 g/mol. The normalized spacial score (nSPS) is 35.6. The number of ether oxygens (including phenoxy) is 1. The molecule has 3 aliphatic carbocycles. The Labute approximate surface area is 146 Å². The third kappa shape index (κ3) is 2.41. The molecule has 4 rings (SSSR count). The molecule has 6 heteroatoms. The second-order valence-corrected chi connectivity index (χ2v) is 7.81. The second kappa shape index (κ2) is 5.71. The van der Waals surface area contributed by atoms with E-state index in [0.29, 0.717) is 17.8 Å². The first kappa shape index (κ1) is 16.4. The van der Waals surface area contributed by atoms with Crippen LogP contribution in [0, 0.1) is 33.8 Å². The Kier molecular flexibility index (Phi) is 3.74. The summed E-state index contributed by atoms with van der Waals surface area (Å²) in [5.41, 5.74) is -0.678. The molecule has 3 saturated carbocycles. The summed E-state index contributed by atoms with van der Waals surface area (Å²) in [5, 5.41) is 22.5. The van der Waals surface area contributed by atoms with Gasteiger partial charge in [-0.15, -0.1) is 0 Å². The maximum atomic E-state index is 11.4.